The molecule has 0 bridgehead atoms. The molecule has 2 unspecified atom stereocenters. The SMILES string of the molecule is C=CCn1c(O)c2c(c1O)CC1([Si](C)(C)C)OC1C2. The highest BCUT2D eigenvalue weighted by atomic mass is 28.3. The molecule has 1 aromatic heterocycles. The van der Waals surface area contributed by atoms with Gasteiger partial charge in [-0.2, -0.15) is 0 Å². The highest BCUT2D eigenvalue weighted by Gasteiger charge is 2.66. The zero-order valence-corrected chi connectivity index (χ0v) is 12.7. The van der Waals surface area contributed by atoms with Gasteiger partial charge in [-0.15, -0.1) is 6.58 Å². The number of allylic oxidation sites excluding steroid dienone is 1. The monoisotopic (exact) mass is 279 g/mol. The molecule has 1 fully saturated rings. The number of fused-ring (bicyclic) bond motifs is 2. The Labute approximate surface area is 114 Å². The van der Waals surface area contributed by atoms with Gasteiger partial charge in [-0.3, -0.25) is 4.57 Å². The van der Waals surface area contributed by atoms with Gasteiger partial charge in [0.05, 0.1) is 19.4 Å². The van der Waals surface area contributed by atoms with E-state index in [0.29, 0.717) is 13.0 Å². The molecule has 4 nitrogen and oxygen atoms in total. The first kappa shape index (κ1) is 12.8. The van der Waals surface area contributed by atoms with Crippen LogP contribution in [0.15, 0.2) is 12.7 Å². The maximum Gasteiger partial charge on any atom is 0.197 e. The molecular weight excluding hydrogens is 258 g/mol. The van der Waals surface area contributed by atoms with Crippen LogP contribution in [-0.2, 0) is 24.1 Å². The highest BCUT2D eigenvalue weighted by molar-refractivity contribution is 6.80. The predicted molar refractivity (Wildman–Crippen MR) is 76.3 cm³/mol. The molecule has 1 aliphatic carbocycles. The average molecular weight is 279 g/mol. The standard InChI is InChI=1S/C14H21NO3Si/c1-5-6-15-12(16)9-7-11-14(18-11,19(2,3)4)8-10(9)13(15)17/h5,11,16-17H,1,6-8H2,2-4H3. The van der Waals surface area contributed by atoms with Gasteiger partial charge >= 0.3 is 0 Å². The summed E-state index contributed by atoms with van der Waals surface area (Å²) < 4.78 is 7.52. The van der Waals surface area contributed by atoms with Crippen molar-refractivity contribution in [2.24, 2.45) is 0 Å². The number of aromatic hydroxyl groups is 2. The van der Waals surface area contributed by atoms with Crippen LogP contribution < -0.4 is 0 Å². The van der Waals surface area contributed by atoms with Crippen LogP contribution >= 0.6 is 0 Å². The molecule has 2 heterocycles. The summed E-state index contributed by atoms with van der Waals surface area (Å²) in [6.45, 7) is 11.0. The summed E-state index contributed by atoms with van der Waals surface area (Å²) in [5.74, 6) is 0.353. The van der Waals surface area contributed by atoms with Crippen molar-refractivity contribution in [3.63, 3.8) is 0 Å². The largest absolute Gasteiger partial charge is 0.494 e. The summed E-state index contributed by atoms with van der Waals surface area (Å²) in [6.07, 6.45) is 3.34. The lowest BCUT2D eigenvalue weighted by molar-refractivity contribution is 0.338. The van der Waals surface area contributed by atoms with Crippen LogP contribution in [0.3, 0.4) is 0 Å². The van der Waals surface area contributed by atoms with Gasteiger partial charge in [0, 0.05) is 30.5 Å². The molecule has 2 N–H and O–H groups in total. The van der Waals surface area contributed by atoms with Crippen molar-refractivity contribution < 1.29 is 14.9 Å². The van der Waals surface area contributed by atoms with Crippen LogP contribution in [0.1, 0.15) is 11.1 Å². The topological polar surface area (TPSA) is 57.9 Å². The lowest BCUT2D eigenvalue weighted by Crippen LogP contribution is -2.47. The fraction of sp³-hybridized carbons (Fsp3) is 0.571. The van der Waals surface area contributed by atoms with Crippen molar-refractivity contribution in [1.82, 2.24) is 4.57 Å². The van der Waals surface area contributed by atoms with E-state index < -0.39 is 8.07 Å². The van der Waals surface area contributed by atoms with E-state index in [0.717, 1.165) is 17.5 Å². The number of hydrogen-bond acceptors (Lipinski definition) is 3. The maximum atomic E-state index is 10.3. The molecule has 0 amide bonds. The van der Waals surface area contributed by atoms with Crippen molar-refractivity contribution in [1.29, 1.82) is 0 Å². The minimum atomic E-state index is -1.47. The van der Waals surface area contributed by atoms with Gasteiger partial charge in [0.1, 0.15) is 0 Å². The molecule has 104 valence electrons. The predicted octanol–water partition coefficient (Wildman–Crippen LogP) is 2.20. The fourth-order valence-corrected chi connectivity index (χ4v) is 5.62. The Balaban J connectivity index is 2.05. The summed E-state index contributed by atoms with van der Waals surface area (Å²) in [4.78, 5) is 0. The number of nitrogens with zero attached hydrogens (tertiary/aromatic N) is 1. The third kappa shape index (κ3) is 1.54. The van der Waals surface area contributed by atoms with E-state index in [2.05, 4.69) is 26.2 Å². The van der Waals surface area contributed by atoms with Gasteiger partial charge in [-0.25, -0.2) is 0 Å². The Bertz CT molecular complexity index is 558. The van der Waals surface area contributed by atoms with Crippen molar-refractivity contribution in [2.75, 3.05) is 0 Å². The Hall–Kier alpha value is -1.20. The van der Waals surface area contributed by atoms with Gasteiger partial charge in [0.2, 0.25) is 0 Å². The zero-order chi connectivity index (χ0) is 14.0. The molecule has 0 spiro atoms. The summed E-state index contributed by atoms with van der Waals surface area (Å²) >= 11 is 0. The summed E-state index contributed by atoms with van der Waals surface area (Å²) in [5, 5.41) is 20.5. The molecule has 1 aliphatic heterocycles. The number of aromatic nitrogens is 1. The molecule has 2 atom stereocenters. The van der Waals surface area contributed by atoms with E-state index in [-0.39, 0.29) is 23.1 Å². The van der Waals surface area contributed by atoms with Crippen LogP contribution in [0.2, 0.25) is 19.6 Å². The number of rotatable bonds is 3. The molecule has 0 radical (unpaired) electrons. The second kappa shape index (κ2) is 3.67. The molecule has 19 heavy (non-hydrogen) atoms. The van der Waals surface area contributed by atoms with E-state index in [1.54, 1.807) is 6.08 Å². The van der Waals surface area contributed by atoms with E-state index in [9.17, 15) is 10.2 Å². The Morgan fingerprint density at radius 2 is 2.00 bits per heavy atom. The van der Waals surface area contributed by atoms with Gasteiger partial charge in [0.25, 0.3) is 0 Å². The highest BCUT2D eigenvalue weighted by Crippen LogP contribution is 2.55. The first-order chi connectivity index (χ1) is 8.82. The van der Waals surface area contributed by atoms with E-state index >= 15 is 0 Å². The van der Waals surface area contributed by atoms with Crippen LogP contribution in [0.5, 0.6) is 11.8 Å². The minimum Gasteiger partial charge on any atom is -0.494 e. The molecular formula is C14H21NO3Si. The van der Waals surface area contributed by atoms with Crippen LogP contribution in [0.25, 0.3) is 0 Å². The lowest BCUT2D eigenvalue weighted by Gasteiger charge is -2.29. The van der Waals surface area contributed by atoms with E-state index in [1.165, 1.54) is 4.57 Å². The Morgan fingerprint density at radius 1 is 1.37 bits per heavy atom. The van der Waals surface area contributed by atoms with Gasteiger partial charge < -0.3 is 14.9 Å². The van der Waals surface area contributed by atoms with Crippen LogP contribution in [0, 0.1) is 0 Å². The van der Waals surface area contributed by atoms with Gasteiger partial charge in [-0.1, -0.05) is 25.7 Å². The van der Waals surface area contributed by atoms with Gasteiger partial charge in [0.15, 0.2) is 11.8 Å². The van der Waals surface area contributed by atoms with Crippen molar-refractivity contribution in [3.05, 3.63) is 23.8 Å². The second-order valence-electron chi connectivity index (χ2n) is 6.63. The third-order valence-corrected chi connectivity index (χ3v) is 7.80. The Kier molecular flexibility index (Phi) is 2.47. The van der Waals surface area contributed by atoms with Crippen LogP contribution in [0.4, 0.5) is 0 Å². The summed E-state index contributed by atoms with van der Waals surface area (Å²) in [6, 6.07) is 0. The van der Waals surface area contributed by atoms with Crippen molar-refractivity contribution in [3.8, 4) is 11.8 Å². The number of ether oxygens (including phenoxy) is 1. The quantitative estimate of drug-likeness (QED) is 0.506. The third-order valence-electron chi connectivity index (χ3n) is 4.64. The summed E-state index contributed by atoms with van der Waals surface area (Å²) in [5.41, 5.74) is 1.73. The number of epoxide rings is 1. The average Bonchev–Trinajstić information content (AvgIpc) is 3.02. The zero-order valence-electron chi connectivity index (χ0n) is 11.7. The molecule has 3 rings (SSSR count). The number of hydrogen-bond donors (Lipinski definition) is 2. The first-order valence-corrected chi connectivity index (χ1v) is 10.2. The normalized spacial score (nSPS) is 28.7. The molecule has 1 saturated heterocycles. The van der Waals surface area contributed by atoms with Crippen molar-refractivity contribution in [2.45, 2.75) is 50.4 Å². The smallest absolute Gasteiger partial charge is 0.197 e. The molecule has 0 aromatic carbocycles. The van der Waals surface area contributed by atoms with E-state index in [1.807, 2.05) is 0 Å². The fourth-order valence-electron chi connectivity index (χ4n) is 3.35. The molecule has 1 aromatic rings. The Morgan fingerprint density at radius 3 is 2.58 bits per heavy atom. The molecule has 2 aliphatic rings. The lowest BCUT2D eigenvalue weighted by atomic mass is 9.94. The molecule has 0 saturated carbocycles. The molecule has 5 heteroatoms. The maximum absolute atomic E-state index is 10.3. The van der Waals surface area contributed by atoms with Crippen molar-refractivity contribution >= 4 is 8.07 Å². The first-order valence-electron chi connectivity index (χ1n) is 6.72. The van der Waals surface area contributed by atoms with Gasteiger partial charge in [-0.05, 0) is 0 Å². The summed E-state index contributed by atoms with van der Waals surface area (Å²) in [7, 11) is -1.47. The van der Waals surface area contributed by atoms with Crippen LogP contribution in [-0.4, -0.2) is 34.2 Å². The minimum absolute atomic E-state index is 0.0513. The second-order valence-corrected chi connectivity index (χ2v) is 12.0. The van der Waals surface area contributed by atoms with E-state index in [4.69, 9.17) is 4.74 Å².